The highest BCUT2D eigenvalue weighted by Crippen LogP contribution is 2.26. The second-order valence-corrected chi connectivity index (χ2v) is 5.64. The van der Waals surface area contributed by atoms with Crippen LogP contribution in [0.25, 0.3) is 0 Å². The Morgan fingerprint density at radius 2 is 2.35 bits per heavy atom. The molecule has 17 heavy (non-hydrogen) atoms. The highest BCUT2D eigenvalue weighted by atomic mass is 79.9. The number of hydrogen-bond donors (Lipinski definition) is 1. The van der Waals surface area contributed by atoms with Gasteiger partial charge in [-0.2, -0.15) is 0 Å². The highest BCUT2D eigenvalue weighted by molar-refractivity contribution is 9.10. The zero-order valence-electron chi connectivity index (χ0n) is 10.3. The number of hydrogen-bond acceptors (Lipinski definition) is 2. The summed E-state index contributed by atoms with van der Waals surface area (Å²) in [6.45, 7) is 5.23. The lowest BCUT2D eigenvalue weighted by molar-refractivity contribution is 0.253. The monoisotopic (exact) mass is 297 g/mol. The molecule has 0 aliphatic carbocycles. The third kappa shape index (κ3) is 4.00. The van der Waals surface area contributed by atoms with Crippen molar-refractivity contribution in [1.29, 1.82) is 0 Å². The molecule has 1 atom stereocenters. The van der Waals surface area contributed by atoms with Crippen LogP contribution in [0, 0.1) is 12.8 Å². The Morgan fingerprint density at radius 1 is 1.47 bits per heavy atom. The van der Waals surface area contributed by atoms with E-state index in [1.54, 1.807) is 0 Å². The predicted octanol–water partition coefficient (Wildman–Crippen LogP) is 3.53. The molecule has 1 fully saturated rings. The number of ether oxygens (including phenoxy) is 1. The van der Waals surface area contributed by atoms with Gasteiger partial charge in [0, 0.05) is 0 Å². The molecule has 1 aromatic rings. The smallest absolute Gasteiger partial charge is 0.133 e. The molecule has 2 rings (SSSR count). The first kappa shape index (κ1) is 12.9. The Morgan fingerprint density at radius 3 is 3.06 bits per heavy atom. The summed E-state index contributed by atoms with van der Waals surface area (Å²) < 4.78 is 6.87. The molecule has 0 saturated carbocycles. The van der Waals surface area contributed by atoms with Gasteiger partial charge < -0.3 is 10.1 Å². The first-order valence-electron chi connectivity index (χ1n) is 6.35. The standard InChI is InChI=1S/C14H20BrNO/c1-11-4-5-14(13(15)9-11)17-8-6-12-3-2-7-16-10-12/h4-5,9,12,16H,2-3,6-8,10H2,1H3/t12-/m1/s1. The molecule has 0 unspecified atom stereocenters. The van der Waals surface area contributed by atoms with Crippen molar-refractivity contribution < 1.29 is 4.74 Å². The summed E-state index contributed by atoms with van der Waals surface area (Å²) >= 11 is 3.54. The number of nitrogens with one attached hydrogen (secondary N) is 1. The lowest BCUT2D eigenvalue weighted by atomic mass is 9.97. The second-order valence-electron chi connectivity index (χ2n) is 4.78. The largest absolute Gasteiger partial charge is 0.492 e. The molecule has 0 radical (unpaired) electrons. The van der Waals surface area contributed by atoms with Gasteiger partial charge in [-0.05, 0) is 78.8 Å². The molecule has 0 amide bonds. The number of aryl methyl sites for hydroxylation is 1. The fourth-order valence-electron chi connectivity index (χ4n) is 2.23. The number of benzene rings is 1. The lowest BCUT2D eigenvalue weighted by Crippen LogP contribution is -2.30. The van der Waals surface area contributed by atoms with Gasteiger partial charge in [-0.1, -0.05) is 6.07 Å². The molecule has 94 valence electrons. The Labute approximate surface area is 112 Å². The van der Waals surface area contributed by atoms with Crippen molar-refractivity contribution in [3.8, 4) is 5.75 Å². The molecule has 1 aliphatic heterocycles. The SMILES string of the molecule is Cc1ccc(OCC[C@H]2CCCNC2)c(Br)c1. The fraction of sp³-hybridized carbons (Fsp3) is 0.571. The van der Waals surface area contributed by atoms with Crippen LogP contribution in [0.3, 0.4) is 0 Å². The van der Waals surface area contributed by atoms with E-state index in [1.807, 2.05) is 6.07 Å². The van der Waals surface area contributed by atoms with Gasteiger partial charge in [0.05, 0.1) is 11.1 Å². The summed E-state index contributed by atoms with van der Waals surface area (Å²) in [6.07, 6.45) is 3.79. The minimum absolute atomic E-state index is 0.785. The molecule has 1 N–H and O–H groups in total. The number of halogens is 1. The summed E-state index contributed by atoms with van der Waals surface area (Å²) in [7, 11) is 0. The van der Waals surface area contributed by atoms with E-state index in [4.69, 9.17) is 4.74 Å². The molecule has 2 nitrogen and oxygen atoms in total. The third-order valence-corrected chi connectivity index (χ3v) is 3.89. The quantitative estimate of drug-likeness (QED) is 0.918. The normalized spacial score (nSPS) is 20.2. The van der Waals surface area contributed by atoms with Gasteiger partial charge in [-0.3, -0.25) is 0 Å². The minimum atomic E-state index is 0.785. The predicted molar refractivity (Wildman–Crippen MR) is 74.6 cm³/mol. The second kappa shape index (κ2) is 6.41. The van der Waals surface area contributed by atoms with E-state index in [0.717, 1.165) is 35.7 Å². The van der Waals surface area contributed by atoms with Gasteiger partial charge in [0.2, 0.25) is 0 Å². The summed E-state index contributed by atoms with van der Waals surface area (Å²) in [5, 5.41) is 3.44. The zero-order valence-corrected chi connectivity index (χ0v) is 11.9. The maximum atomic E-state index is 5.82. The molecule has 1 heterocycles. The Hall–Kier alpha value is -0.540. The van der Waals surface area contributed by atoms with Gasteiger partial charge in [-0.25, -0.2) is 0 Å². The summed E-state index contributed by atoms with van der Waals surface area (Å²) in [5.74, 6) is 1.74. The molecular formula is C14H20BrNO. The fourth-order valence-corrected chi connectivity index (χ4v) is 2.84. The Bertz CT molecular complexity index is 361. The molecule has 1 saturated heterocycles. The number of piperidine rings is 1. The average molecular weight is 298 g/mol. The zero-order chi connectivity index (χ0) is 12.1. The molecule has 0 aromatic heterocycles. The van der Waals surface area contributed by atoms with Crippen LogP contribution in [0.2, 0.25) is 0 Å². The van der Waals surface area contributed by atoms with Crippen LogP contribution in [-0.4, -0.2) is 19.7 Å². The first-order chi connectivity index (χ1) is 8.25. The van der Waals surface area contributed by atoms with Crippen LogP contribution < -0.4 is 10.1 Å². The maximum absolute atomic E-state index is 5.82. The molecule has 1 aliphatic rings. The minimum Gasteiger partial charge on any atom is -0.492 e. The topological polar surface area (TPSA) is 21.3 Å². The van der Waals surface area contributed by atoms with Crippen molar-refractivity contribution in [2.75, 3.05) is 19.7 Å². The van der Waals surface area contributed by atoms with E-state index < -0.39 is 0 Å². The summed E-state index contributed by atoms with van der Waals surface area (Å²) in [6, 6.07) is 6.22. The maximum Gasteiger partial charge on any atom is 0.133 e. The van der Waals surface area contributed by atoms with Crippen LogP contribution in [0.4, 0.5) is 0 Å². The first-order valence-corrected chi connectivity index (χ1v) is 7.14. The van der Waals surface area contributed by atoms with Crippen LogP contribution in [0.1, 0.15) is 24.8 Å². The van der Waals surface area contributed by atoms with Crippen LogP contribution in [-0.2, 0) is 0 Å². The van der Waals surface area contributed by atoms with E-state index in [0.29, 0.717) is 0 Å². The molecule has 0 spiro atoms. The van der Waals surface area contributed by atoms with Gasteiger partial charge in [0.25, 0.3) is 0 Å². The highest BCUT2D eigenvalue weighted by Gasteiger charge is 2.12. The molecule has 0 bridgehead atoms. The van der Waals surface area contributed by atoms with Crippen molar-refractivity contribution >= 4 is 15.9 Å². The van der Waals surface area contributed by atoms with E-state index in [2.05, 4.69) is 40.3 Å². The van der Waals surface area contributed by atoms with Crippen molar-refractivity contribution in [2.24, 2.45) is 5.92 Å². The third-order valence-electron chi connectivity index (χ3n) is 3.27. The van der Waals surface area contributed by atoms with E-state index in [-0.39, 0.29) is 0 Å². The Balaban J connectivity index is 1.77. The van der Waals surface area contributed by atoms with Crippen LogP contribution >= 0.6 is 15.9 Å². The van der Waals surface area contributed by atoms with E-state index in [1.165, 1.54) is 24.9 Å². The average Bonchev–Trinajstić information content (AvgIpc) is 2.33. The van der Waals surface area contributed by atoms with Crippen LogP contribution in [0.5, 0.6) is 5.75 Å². The summed E-state index contributed by atoms with van der Waals surface area (Å²) in [5.41, 5.74) is 1.25. The van der Waals surface area contributed by atoms with Crippen molar-refractivity contribution in [3.05, 3.63) is 28.2 Å². The van der Waals surface area contributed by atoms with Crippen molar-refractivity contribution in [2.45, 2.75) is 26.2 Å². The Kier molecular flexibility index (Phi) is 4.86. The van der Waals surface area contributed by atoms with E-state index >= 15 is 0 Å². The molecule has 1 aromatic carbocycles. The van der Waals surface area contributed by atoms with Gasteiger partial charge in [-0.15, -0.1) is 0 Å². The van der Waals surface area contributed by atoms with Crippen LogP contribution in [0.15, 0.2) is 22.7 Å². The molecule has 3 heteroatoms. The number of rotatable bonds is 4. The lowest BCUT2D eigenvalue weighted by Gasteiger charge is -2.22. The summed E-state index contributed by atoms with van der Waals surface area (Å²) in [4.78, 5) is 0. The van der Waals surface area contributed by atoms with E-state index in [9.17, 15) is 0 Å². The van der Waals surface area contributed by atoms with Gasteiger partial charge >= 0.3 is 0 Å². The van der Waals surface area contributed by atoms with Gasteiger partial charge in [0.1, 0.15) is 5.75 Å². The van der Waals surface area contributed by atoms with Crippen molar-refractivity contribution in [1.82, 2.24) is 5.32 Å². The molecular weight excluding hydrogens is 278 g/mol. The van der Waals surface area contributed by atoms with Gasteiger partial charge in [0.15, 0.2) is 0 Å². The van der Waals surface area contributed by atoms with Crippen molar-refractivity contribution in [3.63, 3.8) is 0 Å².